The molecule has 0 aliphatic rings. The summed E-state index contributed by atoms with van der Waals surface area (Å²) < 4.78 is 6.52. The lowest BCUT2D eigenvalue weighted by atomic mass is 10.1. The van der Waals surface area contributed by atoms with Crippen molar-refractivity contribution in [2.45, 2.75) is 12.5 Å². The van der Waals surface area contributed by atoms with Crippen LogP contribution in [-0.2, 0) is 0 Å². The molecule has 6 nitrogen and oxygen atoms in total. The van der Waals surface area contributed by atoms with Gasteiger partial charge in [-0.1, -0.05) is 29.8 Å². The van der Waals surface area contributed by atoms with Gasteiger partial charge in [0, 0.05) is 29.5 Å². The van der Waals surface area contributed by atoms with Gasteiger partial charge >= 0.3 is 0 Å². The number of methoxy groups -OCH3 is 1. The number of carbonyl (C=O) groups is 1. The van der Waals surface area contributed by atoms with E-state index in [1.54, 1.807) is 55.6 Å². The Morgan fingerprint density at radius 1 is 1.14 bits per heavy atom. The van der Waals surface area contributed by atoms with E-state index in [9.17, 15) is 14.7 Å². The van der Waals surface area contributed by atoms with Crippen LogP contribution in [0, 0.1) is 0 Å². The van der Waals surface area contributed by atoms with Gasteiger partial charge in [-0.05, 0) is 48.4 Å². The second-order valence-corrected chi connectivity index (χ2v) is 6.81. The van der Waals surface area contributed by atoms with E-state index in [-0.39, 0.29) is 18.0 Å². The molecule has 1 heterocycles. The first kappa shape index (κ1) is 20.6. The zero-order valence-electron chi connectivity index (χ0n) is 15.8. The molecular formula is C22H21ClN2O4. The van der Waals surface area contributed by atoms with Gasteiger partial charge in [0.15, 0.2) is 0 Å². The number of aromatic nitrogens is 1. The molecule has 1 aromatic heterocycles. The molecule has 0 bridgehead atoms. The predicted octanol–water partition coefficient (Wildman–Crippen LogP) is 3.35. The summed E-state index contributed by atoms with van der Waals surface area (Å²) in [5.41, 5.74) is 1.34. The van der Waals surface area contributed by atoms with Gasteiger partial charge in [0.25, 0.3) is 11.5 Å². The molecule has 3 rings (SSSR count). The van der Waals surface area contributed by atoms with Gasteiger partial charge in [0.2, 0.25) is 0 Å². The van der Waals surface area contributed by atoms with Crippen LogP contribution in [-0.4, -0.2) is 29.2 Å². The number of amides is 1. The molecule has 1 amide bonds. The van der Waals surface area contributed by atoms with Crippen molar-refractivity contribution in [3.05, 3.63) is 93.4 Å². The van der Waals surface area contributed by atoms with Crippen molar-refractivity contribution in [3.8, 4) is 11.4 Å². The van der Waals surface area contributed by atoms with Crippen LogP contribution < -0.4 is 15.6 Å². The third-order valence-electron chi connectivity index (χ3n) is 4.49. The first-order valence-corrected chi connectivity index (χ1v) is 9.45. The van der Waals surface area contributed by atoms with Crippen molar-refractivity contribution in [1.29, 1.82) is 0 Å². The zero-order valence-corrected chi connectivity index (χ0v) is 16.6. The Hall–Kier alpha value is -3.09. The summed E-state index contributed by atoms with van der Waals surface area (Å²) in [6, 6.07) is 16.8. The molecule has 1 atom stereocenters. The summed E-state index contributed by atoms with van der Waals surface area (Å²) in [6.45, 7) is 0.257. The molecule has 2 aromatic carbocycles. The lowest BCUT2D eigenvalue weighted by Crippen LogP contribution is -2.27. The Balaban J connectivity index is 1.66. The number of hydrogen-bond donors (Lipinski definition) is 2. The molecule has 150 valence electrons. The quantitative estimate of drug-likeness (QED) is 0.623. The van der Waals surface area contributed by atoms with E-state index in [2.05, 4.69) is 5.32 Å². The molecule has 7 heteroatoms. The van der Waals surface area contributed by atoms with Crippen molar-refractivity contribution < 1.29 is 14.6 Å². The van der Waals surface area contributed by atoms with Crippen LogP contribution in [0.4, 0.5) is 0 Å². The summed E-state index contributed by atoms with van der Waals surface area (Å²) in [5.74, 6) is 0.339. The maximum atomic E-state index is 12.5. The number of halogens is 1. The molecule has 0 saturated carbocycles. The number of nitrogens with zero attached hydrogens (tertiary/aromatic N) is 1. The van der Waals surface area contributed by atoms with E-state index < -0.39 is 6.10 Å². The Bertz CT molecular complexity index is 1050. The van der Waals surface area contributed by atoms with Gasteiger partial charge in [-0.25, -0.2) is 0 Å². The summed E-state index contributed by atoms with van der Waals surface area (Å²) in [4.78, 5) is 24.7. The zero-order chi connectivity index (χ0) is 20.8. The Morgan fingerprint density at radius 2 is 1.86 bits per heavy atom. The summed E-state index contributed by atoms with van der Waals surface area (Å²) in [7, 11) is 1.56. The summed E-state index contributed by atoms with van der Waals surface area (Å²) in [6.07, 6.45) is 1.02. The van der Waals surface area contributed by atoms with E-state index in [4.69, 9.17) is 16.3 Å². The molecule has 0 spiro atoms. The Morgan fingerprint density at radius 3 is 2.55 bits per heavy atom. The number of nitrogens with one attached hydrogen (secondary N) is 1. The van der Waals surface area contributed by atoms with Crippen molar-refractivity contribution in [3.63, 3.8) is 0 Å². The van der Waals surface area contributed by atoms with Crippen LogP contribution in [0.3, 0.4) is 0 Å². The molecule has 0 fully saturated rings. The summed E-state index contributed by atoms with van der Waals surface area (Å²) in [5, 5.41) is 13.5. The average molecular weight is 413 g/mol. The third kappa shape index (κ3) is 5.04. The first-order chi connectivity index (χ1) is 14.0. The largest absolute Gasteiger partial charge is 0.497 e. The minimum Gasteiger partial charge on any atom is -0.497 e. The van der Waals surface area contributed by atoms with Crippen molar-refractivity contribution in [2.24, 2.45) is 0 Å². The van der Waals surface area contributed by atoms with Gasteiger partial charge in [-0.15, -0.1) is 0 Å². The highest BCUT2D eigenvalue weighted by molar-refractivity contribution is 6.31. The highest BCUT2D eigenvalue weighted by Crippen LogP contribution is 2.24. The molecule has 29 heavy (non-hydrogen) atoms. The SMILES string of the molecule is COc1ccc(-n2cc(C(=O)NCCC(O)c3ccccc3Cl)ccc2=O)cc1. The normalized spacial score (nSPS) is 11.7. The lowest BCUT2D eigenvalue weighted by molar-refractivity contribution is 0.0942. The van der Waals surface area contributed by atoms with Gasteiger partial charge in [0.05, 0.1) is 18.8 Å². The van der Waals surface area contributed by atoms with Gasteiger partial charge in [-0.3, -0.25) is 14.2 Å². The molecular weight excluding hydrogens is 392 g/mol. The number of carbonyl (C=O) groups excluding carboxylic acids is 1. The molecule has 2 N–H and O–H groups in total. The number of aliphatic hydroxyl groups is 1. The number of benzene rings is 2. The fourth-order valence-electron chi connectivity index (χ4n) is 2.89. The molecule has 0 aliphatic carbocycles. The molecule has 0 radical (unpaired) electrons. The standard InChI is InChI=1S/C22H21ClN2O4/c1-29-17-9-7-16(8-10-17)25-14-15(6-11-21(25)27)22(28)24-13-12-20(26)18-4-2-3-5-19(18)23/h2-11,14,20,26H,12-13H2,1H3,(H,24,28). The minimum atomic E-state index is -0.780. The minimum absolute atomic E-state index is 0.249. The number of hydrogen-bond acceptors (Lipinski definition) is 4. The number of rotatable bonds is 7. The van der Waals surface area contributed by atoms with Crippen LogP contribution in [0.25, 0.3) is 5.69 Å². The molecule has 1 unspecified atom stereocenters. The second-order valence-electron chi connectivity index (χ2n) is 6.41. The van der Waals surface area contributed by atoms with E-state index >= 15 is 0 Å². The van der Waals surface area contributed by atoms with Gasteiger partial charge in [-0.2, -0.15) is 0 Å². The topological polar surface area (TPSA) is 80.6 Å². The van der Waals surface area contributed by atoms with Crippen LogP contribution >= 0.6 is 11.6 Å². The average Bonchev–Trinajstić information content (AvgIpc) is 2.74. The van der Waals surface area contributed by atoms with E-state index in [1.165, 1.54) is 22.9 Å². The smallest absolute Gasteiger partial charge is 0.255 e. The molecule has 0 aliphatic heterocycles. The lowest BCUT2D eigenvalue weighted by Gasteiger charge is -2.13. The summed E-state index contributed by atoms with van der Waals surface area (Å²) >= 11 is 6.08. The maximum Gasteiger partial charge on any atom is 0.255 e. The van der Waals surface area contributed by atoms with Crippen molar-refractivity contribution >= 4 is 17.5 Å². The predicted molar refractivity (Wildman–Crippen MR) is 112 cm³/mol. The number of ether oxygens (including phenoxy) is 1. The van der Waals surface area contributed by atoms with Crippen LogP contribution in [0.5, 0.6) is 5.75 Å². The highest BCUT2D eigenvalue weighted by Gasteiger charge is 2.13. The Kier molecular flexibility index (Phi) is 6.69. The maximum absolute atomic E-state index is 12.5. The van der Waals surface area contributed by atoms with Gasteiger partial charge < -0.3 is 15.2 Å². The van der Waals surface area contributed by atoms with E-state index in [1.807, 2.05) is 0 Å². The van der Waals surface area contributed by atoms with E-state index in [0.717, 1.165) is 0 Å². The second kappa shape index (κ2) is 9.41. The monoisotopic (exact) mass is 412 g/mol. The van der Waals surface area contributed by atoms with Crippen LogP contribution in [0.2, 0.25) is 5.02 Å². The number of pyridine rings is 1. The van der Waals surface area contributed by atoms with E-state index in [0.29, 0.717) is 34.0 Å². The number of aliphatic hydroxyl groups excluding tert-OH is 1. The molecule has 3 aromatic rings. The molecule has 0 saturated heterocycles. The van der Waals surface area contributed by atoms with Crippen molar-refractivity contribution in [1.82, 2.24) is 9.88 Å². The highest BCUT2D eigenvalue weighted by atomic mass is 35.5. The van der Waals surface area contributed by atoms with Gasteiger partial charge in [0.1, 0.15) is 5.75 Å². The first-order valence-electron chi connectivity index (χ1n) is 9.07. The fraction of sp³-hybridized carbons (Fsp3) is 0.182. The third-order valence-corrected chi connectivity index (χ3v) is 4.84. The van der Waals surface area contributed by atoms with Crippen molar-refractivity contribution in [2.75, 3.05) is 13.7 Å². The van der Waals surface area contributed by atoms with Crippen LogP contribution in [0.1, 0.15) is 28.4 Å². The fourth-order valence-corrected chi connectivity index (χ4v) is 3.15. The van der Waals surface area contributed by atoms with Crippen LogP contribution in [0.15, 0.2) is 71.7 Å². The Labute approximate surface area is 173 Å².